The summed E-state index contributed by atoms with van der Waals surface area (Å²) in [6, 6.07) is 3.53. The number of halogens is 1. The topological polar surface area (TPSA) is 72.3 Å². The van der Waals surface area contributed by atoms with Gasteiger partial charge in [0.2, 0.25) is 0 Å². The molecule has 0 rings (SSSR count). The Morgan fingerprint density at radius 2 is 1.05 bits per heavy atom. The summed E-state index contributed by atoms with van der Waals surface area (Å²) in [5, 5.41) is 26.2. The Balaban J connectivity index is 0. The van der Waals surface area contributed by atoms with Gasteiger partial charge in [-0.15, -0.1) is 12.4 Å². The Bertz CT molecular complexity index is 318. The van der Waals surface area contributed by atoms with Crippen LogP contribution in [0.1, 0.15) is 66.2 Å². The van der Waals surface area contributed by atoms with Gasteiger partial charge < -0.3 is 0 Å². The second kappa shape index (κ2) is 13.8. The second-order valence-electron chi connectivity index (χ2n) is 6.17. The molecule has 0 amide bonds. The van der Waals surface area contributed by atoms with Crippen molar-refractivity contribution in [1.82, 2.24) is 0 Å². The zero-order valence-corrected chi connectivity index (χ0v) is 14.6. The molecule has 0 saturated heterocycles. The highest BCUT2D eigenvalue weighted by Crippen LogP contribution is 2.13. The standard InChI is InChI=1S/C16H28N4.ClH/c1-13(2)7-5-9-15(11-17)19-20-16(12-18)10-6-8-14(3)4;/h13-16H,5-10H2,1-4H3;1H. The molecular formula is C16H29ClN4. The van der Waals surface area contributed by atoms with Gasteiger partial charge in [0.25, 0.3) is 0 Å². The Morgan fingerprint density at radius 3 is 1.29 bits per heavy atom. The molecule has 0 radical (unpaired) electrons. The molecule has 0 aromatic carbocycles. The maximum atomic E-state index is 9.04. The molecule has 0 fully saturated rings. The first kappa shape index (κ1) is 22.2. The van der Waals surface area contributed by atoms with Gasteiger partial charge in [-0.25, -0.2) is 0 Å². The molecule has 0 N–H and O–H groups in total. The van der Waals surface area contributed by atoms with Gasteiger partial charge in [0.15, 0.2) is 12.1 Å². The fourth-order valence-electron chi connectivity index (χ4n) is 1.90. The van der Waals surface area contributed by atoms with E-state index in [1.54, 1.807) is 0 Å². The molecule has 0 aliphatic rings. The van der Waals surface area contributed by atoms with Gasteiger partial charge >= 0.3 is 0 Å². The van der Waals surface area contributed by atoms with E-state index in [-0.39, 0.29) is 12.4 Å². The first-order chi connectivity index (χ1) is 9.49. The molecule has 0 spiro atoms. The largest absolute Gasteiger partial charge is 0.196 e. The number of nitriles is 2. The third-order valence-electron chi connectivity index (χ3n) is 3.16. The van der Waals surface area contributed by atoms with Crippen molar-refractivity contribution in [2.45, 2.75) is 78.3 Å². The molecule has 2 atom stereocenters. The van der Waals surface area contributed by atoms with Crippen molar-refractivity contribution in [3.05, 3.63) is 0 Å². The molecule has 21 heavy (non-hydrogen) atoms. The van der Waals surface area contributed by atoms with Crippen LogP contribution in [-0.4, -0.2) is 12.1 Å². The van der Waals surface area contributed by atoms with Gasteiger partial charge in [0.1, 0.15) is 0 Å². The molecule has 0 aromatic heterocycles. The minimum Gasteiger partial charge on any atom is -0.196 e. The van der Waals surface area contributed by atoms with Gasteiger partial charge in [-0.2, -0.15) is 20.8 Å². The summed E-state index contributed by atoms with van der Waals surface area (Å²) in [6.07, 6.45) is 5.65. The van der Waals surface area contributed by atoms with Crippen molar-refractivity contribution >= 4 is 12.4 Å². The van der Waals surface area contributed by atoms with Gasteiger partial charge in [-0.3, -0.25) is 0 Å². The smallest absolute Gasteiger partial charge is 0.157 e. The molecular weight excluding hydrogens is 284 g/mol. The first-order valence-electron chi connectivity index (χ1n) is 7.68. The van der Waals surface area contributed by atoms with E-state index >= 15 is 0 Å². The van der Waals surface area contributed by atoms with Crippen molar-refractivity contribution in [1.29, 1.82) is 10.5 Å². The Labute approximate surface area is 136 Å². The van der Waals surface area contributed by atoms with E-state index in [1.807, 2.05) is 0 Å². The summed E-state index contributed by atoms with van der Waals surface area (Å²) in [6.45, 7) is 8.68. The maximum Gasteiger partial charge on any atom is 0.157 e. The highest BCUT2D eigenvalue weighted by Gasteiger charge is 2.09. The molecule has 0 heterocycles. The normalized spacial score (nSPS) is 13.7. The predicted octanol–water partition coefficient (Wildman–Crippen LogP) is 5.30. The lowest BCUT2D eigenvalue weighted by molar-refractivity contribution is 0.503. The Morgan fingerprint density at radius 1 is 0.714 bits per heavy atom. The van der Waals surface area contributed by atoms with Crippen LogP contribution >= 0.6 is 12.4 Å². The van der Waals surface area contributed by atoms with Crippen molar-refractivity contribution in [3.63, 3.8) is 0 Å². The van der Waals surface area contributed by atoms with E-state index in [1.165, 1.54) is 0 Å². The lowest BCUT2D eigenvalue weighted by atomic mass is 10.0. The molecule has 0 aromatic rings. The van der Waals surface area contributed by atoms with Gasteiger partial charge in [-0.1, -0.05) is 40.5 Å². The summed E-state index contributed by atoms with van der Waals surface area (Å²) >= 11 is 0. The van der Waals surface area contributed by atoms with Gasteiger partial charge in [0.05, 0.1) is 12.1 Å². The quantitative estimate of drug-likeness (QED) is 0.513. The minimum absolute atomic E-state index is 0. The van der Waals surface area contributed by atoms with Crippen LogP contribution in [0.4, 0.5) is 0 Å². The van der Waals surface area contributed by atoms with Crippen LogP contribution in [0.5, 0.6) is 0 Å². The van der Waals surface area contributed by atoms with Gasteiger partial charge in [0, 0.05) is 0 Å². The van der Waals surface area contributed by atoms with E-state index < -0.39 is 12.1 Å². The van der Waals surface area contributed by atoms with Crippen LogP contribution in [0.25, 0.3) is 0 Å². The molecule has 0 aliphatic carbocycles. The molecule has 5 heteroatoms. The molecule has 0 aliphatic heterocycles. The van der Waals surface area contributed by atoms with Crippen LogP contribution in [0.15, 0.2) is 10.2 Å². The van der Waals surface area contributed by atoms with Crippen molar-refractivity contribution < 1.29 is 0 Å². The fourth-order valence-corrected chi connectivity index (χ4v) is 1.90. The zero-order chi connectivity index (χ0) is 15.4. The SMILES string of the molecule is CC(C)CCCC(C#N)N=NC(C#N)CCCC(C)C.Cl. The predicted molar refractivity (Wildman–Crippen MR) is 88.3 cm³/mol. The van der Waals surface area contributed by atoms with Crippen molar-refractivity contribution in [3.8, 4) is 12.1 Å². The molecule has 2 unspecified atom stereocenters. The Hall–Kier alpha value is -1.13. The van der Waals surface area contributed by atoms with Gasteiger partial charge in [-0.05, 0) is 37.5 Å². The summed E-state index contributed by atoms with van der Waals surface area (Å²) in [5.41, 5.74) is 0. The summed E-state index contributed by atoms with van der Waals surface area (Å²) in [7, 11) is 0. The van der Waals surface area contributed by atoms with Crippen molar-refractivity contribution in [2.75, 3.05) is 0 Å². The van der Waals surface area contributed by atoms with E-state index in [0.29, 0.717) is 11.8 Å². The summed E-state index contributed by atoms with van der Waals surface area (Å²) in [5.74, 6) is 1.29. The number of azo groups is 1. The molecule has 4 nitrogen and oxygen atoms in total. The van der Waals surface area contributed by atoms with Crippen LogP contribution in [0.3, 0.4) is 0 Å². The highest BCUT2D eigenvalue weighted by atomic mass is 35.5. The maximum absolute atomic E-state index is 9.04. The van der Waals surface area contributed by atoms with E-state index in [9.17, 15) is 0 Å². The molecule has 0 saturated carbocycles. The number of hydrogen-bond donors (Lipinski definition) is 0. The number of hydrogen-bond acceptors (Lipinski definition) is 4. The van der Waals surface area contributed by atoms with Crippen LogP contribution in [-0.2, 0) is 0 Å². The lowest BCUT2D eigenvalue weighted by Gasteiger charge is -2.07. The molecule has 0 bridgehead atoms. The van der Waals surface area contributed by atoms with Crippen LogP contribution in [0.2, 0.25) is 0 Å². The third-order valence-corrected chi connectivity index (χ3v) is 3.16. The van der Waals surface area contributed by atoms with Crippen molar-refractivity contribution in [2.24, 2.45) is 22.1 Å². The van der Waals surface area contributed by atoms with E-state index in [0.717, 1.165) is 38.5 Å². The number of rotatable bonds is 10. The average molecular weight is 313 g/mol. The zero-order valence-electron chi connectivity index (χ0n) is 13.7. The highest BCUT2D eigenvalue weighted by molar-refractivity contribution is 5.85. The van der Waals surface area contributed by atoms with E-state index in [4.69, 9.17) is 10.5 Å². The minimum atomic E-state index is -0.394. The second-order valence-corrected chi connectivity index (χ2v) is 6.17. The van der Waals surface area contributed by atoms with Crippen LogP contribution < -0.4 is 0 Å². The lowest BCUT2D eigenvalue weighted by Crippen LogP contribution is -2.05. The monoisotopic (exact) mass is 312 g/mol. The number of nitrogens with zero attached hydrogens (tertiary/aromatic N) is 4. The average Bonchev–Trinajstić information content (AvgIpc) is 2.39. The fraction of sp³-hybridized carbons (Fsp3) is 0.875. The third kappa shape index (κ3) is 13.6. The Kier molecular flexibility index (Phi) is 14.6. The van der Waals surface area contributed by atoms with Crippen LogP contribution in [0, 0.1) is 34.5 Å². The van der Waals surface area contributed by atoms with E-state index in [2.05, 4.69) is 50.1 Å². The summed E-state index contributed by atoms with van der Waals surface area (Å²) < 4.78 is 0. The first-order valence-corrected chi connectivity index (χ1v) is 7.68. The molecule has 120 valence electrons. The summed E-state index contributed by atoms with van der Waals surface area (Å²) in [4.78, 5) is 0.